The molecule has 26 heavy (non-hydrogen) atoms. The molecule has 3 rings (SSSR count). The quantitative estimate of drug-likeness (QED) is 0.755. The third kappa shape index (κ3) is 4.24. The van der Waals surface area contributed by atoms with Gasteiger partial charge in [0.2, 0.25) is 11.1 Å². The predicted molar refractivity (Wildman–Crippen MR) is 99.1 cm³/mol. The van der Waals surface area contributed by atoms with Crippen LogP contribution in [-0.4, -0.2) is 57.3 Å². The summed E-state index contributed by atoms with van der Waals surface area (Å²) in [5.41, 5.74) is 3.13. The molecule has 1 saturated heterocycles. The summed E-state index contributed by atoms with van der Waals surface area (Å²) in [7, 11) is -3.03. The van der Waals surface area contributed by atoms with Crippen molar-refractivity contribution < 1.29 is 13.2 Å². The van der Waals surface area contributed by atoms with E-state index in [1.807, 2.05) is 32.0 Å². The Hall–Kier alpha value is -1.94. The van der Waals surface area contributed by atoms with E-state index >= 15 is 0 Å². The summed E-state index contributed by atoms with van der Waals surface area (Å²) in [4.78, 5) is 12.4. The number of sulfone groups is 1. The van der Waals surface area contributed by atoms with Gasteiger partial charge in [-0.3, -0.25) is 4.79 Å². The van der Waals surface area contributed by atoms with Gasteiger partial charge in [0.25, 0.3) is 0 Å². The first-order valence-electron chi connectivity index (χ1n) is 8.28. The number of thioether (sulfide) groups is 1. The summed E-state index contributed by atoms with van der Waals surface area (Å²) in [5.74, 6) is -0.0761. The molecule has 0 radical (unpaired) electrons. The van der Waals surface area contributed by atoms with Crippen LogP contribution in [0, 0.1) is 13.8 Å². The minimum atomic E-state index is -3.03. The van der Waals surface area contributed by atoms with Crippen LogP contribution in [0.15, 0.2) is 23.4 Å². The molecule has 1 aliphatic heterocycles. The fourth-order valence-corrected chi connectivity index (χ4v) is 5.20. The van der Waals surface area contributed by atoms with E-state index in [0.29, 0.717) is 11.6 Å². The van der Waals surface area contributed by atoms with Crippen LogP contribution in [0.3, 0.4) is 0 Å². The summed E-state index contributed by atoms with van der Waals surface area (Å²) < 4.78 is 24.6. The van der Waals surface area contributed by atoms with Gasteiger partial charge in [-0.25, -0.2) is 8.42 Å². The molecular weight excluding hydrogens is 374 g/mol. The third-order valence-corrected chi connectivity index (χ3v) is 7.21. The van der Waals surface area contributed by atoms with Gasteiger partial charge in [0.15, 0.2) is 9.84 Å². The minimum Gasteiger partial charge on any atom is -0.351 e. The van der Waals surface area contributed by atoms with Gasteiger partial charge >= 0.3 is 0 Å². The molecule has 2 unspecified atom stereocenters. The lowest BCUT2D eigenvalue weighted by atomic mass is 10.1. The summed E-state index contributed by atoms with van der Waals surface area (Å²) in [6.07, 6.45) is 0.464. The van der Waals surface area contributed by atoms with Crippen molar-refractivity contribution in [3.8, 4) is 5.69 Å². The first kappa shape index (κ1) is 18.8. The molecule has 2 heterocycles. The van der Waals surface area contributed by atoms with Gasteiger partial charge in [-0.1, -0.05) is 17.8 Å². The van der Waals surface area contributed by atoms with Crippen LogP contribution in [0.2, 0.25) is 0 Å². The number of hydrogen-bond donors (Lipinski definition) is 1. The maximum Gasteiger partial charge on any atom is 0.233 e. The zero-order chi connectivity index (χ0) is 18.9. The Morgan fingerprint density at radius 1 is 1.35 bits per heavy atom. The second kappa shape index (κ2) is 7.36. The van der Waals surface area contributed by atoms with E-state index in [4.69, 9.17) is 0 Å². The van der Waals surface area contributed by atoms with Crippen LogP contribution in [0.1, 0.15) is 24.5 Å². The lowest BCUT2D eigenvalue weighted by Crippen LogP contribution is -2.40. The Labute approximate surface area is 156 Å². The Morgan fingerprint density at radius 2 is 2.12 bits per heavy atom. The van der Waals surface area contributed by atoms with Crippen molar-refractivity contribution in [2.75, 3.05) is 11.5 Å². The number of nitrogens with one attached hydrogen (secondary N) is 1. The lowest BCUT2D eigenvalue weighted by molar-refractivity contribution is -0.120. The Bertz CT molecular complexity index is 926. The number of rotatable bonds is 5. The SMILES string of the molecule is Cc1ccc(-n2nnnc2SC(C)C(=O)NC2CCS(=O)(=O)C2)cc1C. The third-order valence-electron chi connectivity index (χ3n) is 4.41. The van der Waals surface area contributed by atoms with Crippen molar-refractivity contribution in [3.05, 3.63) is 29.3 Å². The lowest BCUT2D eigenvalue weighted by Gasteiger charge is -2.15. The number of nitrogens with zero attached hydrogens (tertiary/aromatic N) is 4. The molecule has 2 aromatic rings. The molecule has 0 saturated carbocycles. The van der Waals surface area contributed by atoms with Crippen molar-refractivity contribution in [1.82, 2.24) is 25.5 Å². The van der Waals surface area contributed by atoms with E-state index in [2.05, 4.69) is 20.8 Å². The molecule has 0 aliphatic carbocycles. The number of aromatic nitrogens is 4. The van der Waals surface area contributed by atoms with E-state index in [-0.39, 0.29) is 23.5 Å². The number of tetrazole rings is 1. The van der Waals surface area contributed by atoms with Crippen LogP contribution in [0.5, 0.6) is 0 Å². The summed E-state index contributed by atoms with van der Waals surface area (Å²) >= 11 is 1.24. The highest BCUT2D eigenvalue weighted by atomic mass is 32.2. The zero-order valence-electron chi connectivity index (χ0n) is 14.8. The molecule has 1 amide bonds. The largest absolute Gasteiger partial charge is 0.351 e. The average Bonchev–Trinajstić information content (AvgIpc) is 3.16. The molecule has 0 bridgehead atoms. The Kier molecular flexibility index (Phi) is 5.33. The smallest absolute Gasteiger partial charge is 0.233 e. The molecule has 1 aliphatic rings. The number of benzene rings is 1. The second-order valence-electron chi connectivity index (χ2n) is 6.51. The maximum atomic E-state index is 12.4. The fraction of sp³-hybridized carbons (Fsp3) is 0.500. The van der Waals surface area contributed by atoms with Crippen LogP contribution in [-0.2, 0) is 14.6 Å². The van der Waals surface area contributed by atoms with Gasteiger partial charge in [0, 0.05) is 6.04 Å². The monoisotopic (exact) mass is 395 g/mol. The Morgan fingerprint density at radius 3 is 2.77 bits per heavy atom. The molecule has 140 valence electrons. The number of carbonyl (C=O) groups is 1. The van der Waals surface area contributed by atoms with Crippen LogP contribution in [0.4, 0.5) is 0 Å². The molecule has 1 aromatic heterocycles. The van der Waals surface area contributed by atoms with Gasteiger partial charge in [0.1, 0.15) is 0 Å². The standard InChI is InChI=1S/C16H21N5O3S2/c1-10-4-5-14(8-11(10)2)21-16(18-19-20-21)25-12(3)15(22)17-13-6-7-26(23,24)9-13/h4-5,8,12-13H,6-7,9H2,1-3H3,(H,17,22). The first-order chi connectivity index (χ1) is 12.2. The first-order valence-corrected chi connectivity index (χ1v) is 11.0. The molecule has 2 atom stereocenters. The number of hydrogen-bond acceptors (Lipinski definition) is 7. The topological polar surface area (TPSA) is 107 Å². The molecular formula is C16H21N5O3S2. The van der Waals surface area contributed by atoms with Crippen LogP contribution >= 0.6 is 11.8 Å². The fourth-order valence-electron chi connectivity index (χ4n) is 2.71. The summed E-state index contributed by atoms with van der Waals surface area (Å²) in [5, 5.41) is 14.6. The van der Waals surface area contributed by atoms with E-state index < -0.39 is 15.1 Å². The summed E-state index contributed by atoms with van der Waals surface area (Å²) in [6.45, 7) is 5.80. The van der Waals surface area contributed by atoms with E-state index in [9.17, 15) is 13.2 Å². The van der Waals surface area contributed by atoms with Gasteiger partial charge in [0.05, 0.1) is 22.4 Å². The van der Waals surface area contributed by atoms with Gasteiger partial charge < -0.3 is 5.32 Å². The van der Waals surface area contributed by atoms with Gasteiger partial charge in [-0.15, -0.1) is 5.10 Å². The highest BCUT2D eigenvalue weighted by Crippen LogP contribution is 2.24. The van der Waals surface area contributed by atoms with E-state index in [1.165, 1.54) is 17.3 Å². The molecule has 8 nitrogen and oxygen atoms in total. The predicted octanol–water partition coefficient (Wildman–Crippen LogP) is 1.06. The van der Waals surface area contributed by atoms with Crippen LogP contribution < -0.4 is 5.32 Å². The number of carbonyl (C=O) groups excluding carboxylic acids is 1. The zero-order valence-corrected chi connectivity index (χ0v) is 16.5. The molecule has 1 fully saturated rings. The van der Waals surface area contributed by atoms with Gasteiger partial charge in [-0.2, -0.15) is 4.68 Å². The summed E-state index contributed by atoms with van der Waals surface area (Å²) in [6, 6.07) is 5.60. The average molecular weight is 396 g/mol. The number of amides is 1. The van der Waals surface area contributed by atoms with Crippen molar-refractivity contribution in [1.29, 1.82) is 0 Å². The highest BCUT2D eigenvalue weighted by Gasteiger charge is 2.30. The maximum absolute atomic E-state index is 12.4. The number of aryl methyl sites for hydroxylation is 2. The molecule has 0 spiro atoms. The minimum absolute atomic E-state index is 0.0104. The van der Waals surface area contributed by atoms with Crippen molar-refractivity contribution in [2.24, 2.45) is 0 Å². The Balaban J connectivity index is 1.68. The molecule has 10 heteroatoms. The van der Waals surface area contributed by atoms with Crippen molar-refractivity contribution >= 4 is 27.5 Å². The molecule has 1 N–H and O–H groups in total. The normalized spacial score (nSPS) is 20.0. The van der Waals surface area contributed by atoms with Crippen molar-refractivity contribution in [3.63, 3.8) is 0 Å². The van der Waals surface area contributed by atoms with Crippen molar-refractivity contribution in [2.45, 2.75) is 43.6 Å². The van der Waals surface area contributed by atoms with Crippen LogP contribution in [0.25, 0.3) is 5.69 Å². The molecule has 1 aromatic carbocycles. The van der Waals surface area contributed by atoms with E-state index in [1.54, 1.807) is 11.6 Å². The highest BCUT2D eigenvalue weighted by molar-refractivity contribution is 8.00. The second-order valence-corrected chi connectivity index (χ2v) is 10.0. The van der Waals surface area contributed by atoms with E-state index in [0.717, 1.165) is 11.3 Å². The van der Waals surface area contributed by atoms with Gasteiger partial charge in [-0.05, 0) is 60.9 Å².